The van der Waals surface area contributed by atoms with Crippen molar-refractivity contribution < 1.29 is 4.79 Å². The van der Waals surface area contributed by atoms with E-state index in [9.17, 15) is 4.79 Å². The van der Waals surface area contributed by atoms with Gasteiger partial charge < -0.3 is 5.32 Å². The number of nitriles is 1. The number of nitrogens with zero attached hydrogens (tertiary/aromatic N) is 3. The molecule has 118 valence electrons. The summed E-state index contributed by atoms with van der Waals surface area (Å²) in [5, 5.41) is 12.5. The first-order valence-electron chi connectivity index (χ1n) is 7.33. The van der Waals surface area contributed by atoms with Crippen molar-refractivity contribution in [3.63, 3.8) is 0 Å². The van der Waals surface area contributed by atoms with Gasteiger partial charge in [0.2, 0.25) is 5.91 Å². The van der Waals surface area contributed by atoms with Gasteiger partial charge in [-0.3, -0.25) is 9.78 Å². The van der Waals surface area contributed by atoms with Gasteiger partial charge in [-0.05, 0) is 37.3 Å². The minimum atomic E-state index is -0.135. The molecular formula is C18H14N4OS. The van der Waals surface area contributed by atoms with Crippen LogP contribution in [-0.2, 0) is 11.2 Å². The molecule has 0 unspecified atom stereocenters. The van der Waals surface area contributed by atoms with Crippen LogP contribution in [0, 0.1) is 18.3 Å². The average Bonchev–Trinajstić information content (AvgIpc) is 2.96. The van der Waals surface area contributed by atoms with E-state index < -0.39 is 0 Å². The van der Waals surface area contributed by atoms with Gasteiger partial charge in [0.15, 0.2) is 0 Å². The summed E-state index contributed by atoms with van der Waals surface area (Å²) in [6.45, 7) is 1.89. The molecule has 2 heterocycles. The Bertz CT molecular complexity index is 912. The largest absolute Gasteiger partial charge is 0.326 e. The molecule has 0 aliphatic heterocycles. The number of rotatable bonds is 4. The summed E-state index contributed by atoms with van der Waals surface area (Å²) in [6, 6.07) is 14.6. The van der Waals surface area contributed by atoms with Crippen molar-refractivity contribution in [2.75, 3.05) is 5.32 Å². The van der Waals surface area contributed by atoms with Crippen LogP contribution in [0.3, 0.4) is 0 Å². The Kier molecular flexibility index (Phi) is 4.64. The Hall–Kier alpha value is -3.04. The Morgan fingerprint density at radius 2 is 2.17 bits per heavy atom. The molecule has 0 aliphatic carbocycles. The molecule has 3 aromatic rings. The highest BCUT2D eigenvalue weighted by molar-refractivity contribution is 7.15. The fraction of sp³-hybridized carbons (Fsp3) is 0.111. The molecule has 6 heteroatoms. The third-order valence-electron chi connectivity index (χ3n) is 3.37. The number of anilines is 1. The molecule has 0 spiro atoms. The summed E-state index contributed by atoms with van der Waals surface area (Å²) >= 11 is 1.47. The second-order valence-electron chi connectivity index (χ2n) is 5.16. The van der Waals surface area contributed by atoms with Crippen molar-refractivity contribution in [2.45, 2.75) is 13.3 Å². The van der Waals surface area contributed by atoms with Crippen LogP contribution in [0.5, 0.6) is 0 Å². The number of amides is 1. The summed E-state index contributed by atoms with van der Waals surface area (Å²) in [6.07, 6.45) is 1.97. The van der Waals surface area contributed by atoms with Gasteiger partial charge in [0.25, 0.3) is 0 Å². The highest BCUT2D eigenvalue weighted by Crippen LogP contribution is 2.27. The first kappa shape index (κ1) is 15.8. The zero-order valence-corrected chi connectivity index (χ0v) is 13.8. The van der Waals surface area contributed by atoms with Crippen LogP contribution in [0.4, 0.5) is 5.69 Å². The van der Waals surface area contributed by atoms with Crippen LogP contribution in [0.1, 0.15) is 16.1 Å². The van der Waals surface area contributed by atoms with E-state index in [1.807, 2.05) is 25.1 Å². The molecule has 0 fully saturated rings. The predicted octanol–water partition coefficient (Wildman–Crippen LogP) is 3.57. The zero-order chi connectivity index (χ0) is 16.9. The third-order valence-corrected chi connectivity index (χ3v) is 4.55. The summed E-state index contributed by atoms with van der Waals surface area (Å²) in [5.41, 5.74) is 2.77. The fourth-order valence-corrected chi connectivity index (χ4v) is 3.25. The van der Waals surface area contributed by atoms with E-state index in [4.69, 9.17) is 5.26 Å². The highest BCUT2D eigenvalue weighted by atomic mass is 32.1. The Morgan fingerprint density at radius 3 is 2.92 bits per heavy atom. The minimum absolute atomic E-state index is 0.135. The van der Waals surface area contributed by atoms with Crippen LogP contribution >= 0.6 is 11.3 Å². The van der Waals surface area contributed by atoms with E-state index in [1.165, 1.54) is 11.3 Å². The van der Waals surface area contributed by atoms with E-state index >= 15 is 0 Å². The summed E-state index contributed by atoms with van der Waals surface area (Å²) in [7, 11) is 0. The lowest BCUT2D eigenvalue weighted by Gasteiger charge is -2.04. The molecule has 0 saturated heterocycles. The normalized spacial score (nSPS) is 10.2. The molecule has 0 saturated carbocycles. The Balaban J connectivity index is 1.73. The van der Waals surface area contributed by atoms with Gasteiger partial charge in [-0.25, -0.2) is 4.98 Å². The van der Waals surface area contributed by atoms with Gasteiger partial charge in [-0.2, -0.15) is 5.26 Å². The van der Waals surface area contributed by atoms with Gasteiger partial charge in [0, 0.05) is 16.8 Å². The lowest BCUT2D eigenvalue weighted by atomic mass is 10.2. The summed E-state index contributed by atoms with van der Waals surface area (Å²) in [4.78, 5) is 21.9. The zero-order valence-electron chi connectivity index (χ0n) is 13.0. The molecule has 1 amide bonds. The number of aryl methyl sites for hydroxylation is 1. The van der Waals surface area contributed by atoms with Crippen LogP contribution in [0.2, 0.25) is 0 Å². The van der Waals surface area contributed by atoms with Crippen LogP contribution in [0.25, 0.3) is 10.7 Å². The molecule has 24 heavy (non-hydrogen) atoms. The molecular weight excluding hydrogens is 320 g/mol. The second kappa shape index (κ2) is 7.02. The second-order valence-corrected chi connectivity index (χ2v) is 6.24. The Labute approximate surface area is 143 Å². The SMILES string of the molecule is Cc1nc(-c2ccccn2)sc1CC(=O)Nc1cccc(C#N)c1. The number of thiazole rings is 1. The first-order chi connectivity index (χ1) is 11.7. The molecule has 0 aliphatic rings. The number of hydrogen-bond acceptors (Lipinski definition) is 5. The molecule has 5 nitrogen and oxygen atoms in total. The molecule has 1 aromatic carbocycles. The van der Waals surface area contributed by atoms with Gasteiger partial charge in [0.1, 0.15) is 5.01 Å². The topological polar surface area (TPSA) is 78.7 Å². The van der Waals surface area contributed by atoms with Crippen molar-refractivity contribution in [1.29, 1.82) is 5.26 Å². The fourth-order valence-electron chi connectivity index (χ4n) is 2.21. The van der Waals surface area contributed by atoms with Crippen LogP contribution in [-0.4, -0.2) is 15.9 Å². The van der Waals surface area contributed by atoms with Crippen molar-refractivity contribution >= 4 is 22.9 Å². The van der Waals surface area contributed by atoms with Crippen LogP contribution < -0.4 is 5.32 Å². The number of pyridine rings is 1. The highest BCUT2D eigenvalue weighted by Gasteiger charge is 2.13. The molecule has 0 bridgehead atoms. The molecule has 3 rings (SSSR count). The molecule has 1 N–H and O–H groups in total. The van der Waals surface area contributed by atoms with Crippen LogP contribution in [0.15, 0.2) is 48.7 Å². The van der Waals surface area contributed by atoms with Crippen molar-refractivity contribution in [1.82, 2.24) is 9.97 Å². The number of carbonyl (C=O) groups excluding carboxylic acids is 1. The third kappa shape index (κ3) is 3.65. The average molecular weight is 334 g/mol. The van der Waals surface area contributed by atoms with E-state index in [0.717, 1.165) is 21.3 Å². The van der Waals surface area contributed by atoms with Gasteiger partial charge in [-0.1, -0.05) is 12.1 Å². The van der Waals surface area contributed by atoms with E-state index in [1.54, 1.807) is 30.5 Å². The standard InChI is InChI=1S/C18H14N4OS/c1-12-16(24-18(21-12)15-7-2-3-8-20-15)10-17(23)22-14-6-4-5-13(9-14)11-19/h2-9H,10H2,1H3,(H,22,23). The minimum Gasteiger partial charge on any atom is -0.326 e. The van der Waals surface area contributed by atoms with Crippen molar-refractivity contribution in [3.05, 3.63) is 64.8 Å². The molecule has 2 aromatic heterocycles. The number of nitrogens with one attached hydrogen (secondary N) is 1. The number of benzene rings is 1. The van der Waals surface area contributed by atoms with Gasteiger partial charge >= 0.3 is 0 Å². The number of hydrogen-bond donors (Lipinski definition) is 1. The first-order valence-corrected chi connectivity index (χ1v) is 8.15. The van der Waals surface area contributed by atoms with E-state index in [2.05, 4.69) is 21.4 Å². The number of carbonyl (C=O) groups is 1. The lowest BCUT2D eigenvalue weighted by Crippen LogP contribution is -2.14. The van der Waals surface area contributed by atoms with E-state index in [-0.39, 0.29) is 12.3 Å². The number of aromatic nitrogens is 2. The Morgan fingerprint density at radius 1 is 1.29 bits per heavy atom. The van der Waals surface area contributed by atoms with Crippen molar-refractivity contribution in [3.8, 4) is 16.8 Å². The smallest absolute Gasteiger partial charge is 0.229 e. The lowest BCUT2D eigenvalue weighted by molar-refractivity contribution is -0.115. The van der Waals surface area contributed by atoms with Gasteiger partial charge in [0.05, 0.1) is 29.4 Å². The quantitative estimate of drug-likeness (QED) is 0.791. The molecule has 0 atom stereocenters. The van der Waals surface area contributed by atoms with Crippen molar-refractivity contribution in [2.24, 2.45) is 0 Å². The monoisotopic (exact) mass is 334 g/mol. The van der Waals surface area contributed by atoms with E-state index in [0.29, 0.717) is 11.3 Å². The summed E-state index contributed by atoms with van der Waals surface area (Å²) < 4.78 is 0. The molecule has 0 radical (unpaired) electrons. The predicted molar refractivity (Wildman–Crippen MR) is 93.6 cm³/mol. The maximum Gasteiger partial charge on any atom is 0.229 e. The maximum atomic E-state index is 12.2. The summed E-state index contributed by atoms with van der Waals surface area (Å²) in [5.74, 6) is -0.135. The van der Waals surface area contributed by atoms with Gasteiger partial charge in [-0.15, -0.1) is 11.3 Å². The maximum absolute atomic E-state index is 12.2.